The quantitative estimate of drug-likeness (QED) is 0.447. The van der Waals surface area contributed by atoms with Gasteiger partial charge in [0, 0.05) is 20.0 Å². The summed E-state index contributed by atoms with van der Waals surface area (Å²) in [5.41, 5.74) is -1.52. The first kappa shape index (κ1) is 7.10. The average Bonchev–Trinajstić information content (AvgIpc) is 2.19. The lowest BCUT2D eigenvalue weighted by Crippen LogP contribution is -2.36. The summed E-state index contributed by atoms with van der Waals surface area (Å²) in [4.78, 5) is 12.4. The Labute approximate surface area is 59.6 Å². The fourth-order valence-corrected chi connectivity index (χ4v) is 0.988. The van der Waals surface area contributed by atoms with Crippen molar-refractivity contribution >= 4 is 5.91 Å². The summed E-state index contributed by atoms with van der Waals surface area (Å²) >= 11 is 0. The van der Waals surface area contributed by atoms with E-state index in [1.54, 1.807) is 7.05 Å². The summed E-state index contributed by atoms with van der Waals surface area (Å²) in [6.45, 7) is 0.541. The fraction of sp³-hybridized carbons (Fsp3) is 0.571. The van der Waals surface area contributed by atoms with Crippen LogP contribution in [0.4, 0.5) is 0 Å². The number of likely N-dealkylation sites (N-methyl/N-ethyl adjacent to an activating group) is 1. The molecule has 0 unspecified atom stereocenters. The molecule has 1 heterocycles. The van der Waals surface area contributed by atoms with Crippen molar-refractivity contribution in [2.75, 3.05) is 13.6 Å². The van der Waals surface area contributed by atoms with E-state index in [2.05, 4.69) is 5.92 Å². The van der Waals surface area contributed by atoms with Crippen LogP contribution in [0.2, 0.25) is 0 Å². The Kier molecular flexibility index (Phi) is 1.42. The lowest BCUT2D eigenvalue weighted by Gasteiger charge is -2.12. The van der Waals surface area contributed by atoms with E-state index in [9.17, 15) is 9.90 Å². The van der Waals surface area contributed by atoms with Crippen LogP contribution in [0.5, 0.6) is 0 Å². The largest absolute Gasteiger partial charge is 0.369 e. The minimum absolute atomic E-state index is 0.346. The molecule has 1 rings (SSSR count). The highest BCUT2D eigenvalue weighted by Gasteiger charge is 2.41. The zero-order valence-corrected chi connectivity index (χ0v) is 5.79. The standard InChI is InChI=1S/C7H9NO2/c1-3-7(10)4-5-8(2)6(7)9/h1,10H,4-5H2,2H3/t7-/m1/s1. The van der Waals surface area contributed by atoms with Crippen molar-refractivity contribution in [3.05, 3.63) is 0 Å². The molecule has 1 fully saturated rings. The smallest absolute Gasteiger partial charge is 0.267 e. The van der Waals surface area contributed by atoms with Gasteiger partial charge in [0.15, 0.2) is 0 Å². The van der Waals surface area contributed by atoms with Gasteiger partial charge in [-0.2, -0.15) is 0 Å². The Morgan fingerprint density at radius 1 is 1.90 bits per heavy atom. The number of carbonyl (C=O) groups is 1. The number of nitrogens with zero attached hydrogens (tertiary/aromatic N) is 1. The topological polar surface area (TPSA) is 40.5 Å². The average molecular weight is 139 g/mol. The number of carbonyl (C=O) groups excluding carboxylic acids is 1. The van der Waals surface area contributed by atoms with Gasteiger partial charge in [-0.1, -0.05) is 5.92 Å². The highest BCUT2D eigenvalue weighted by atomic mass is 16.3. The van der Waals surface area contributed by atoms with Crippen molar-refractivity contribution in [1.29, 1.82) is 0 Å². The van der Waals surface area contributed by atoms with Gasteiger partial charge < -0.3 is 10.0 Å². The molecule has 1 N–H and O–H groups in total. The van der Waals surface area contributed by atoms with E-state index >= 15 is 0 Å². The normalized spacial score (nSPS) is 32.5. The highest BCUT2D eigenvalue weighted by Crippen LogP contribution is 2.19. The Bertz CT molecular complexity index is 206. The number of hydrogen-bond donors (Lipinski definition) is 1. The third kappa shape index (κ3) is 0.775. The van der Waals surface area contributed by atoms with Crippen LogP contribution < -0.4 is 0 Å². The molecule has 0 spiro atoms. The molecule has 0 bridgehead atoms. The van der Waals surface area contributed by atoms with Crippen LogP contribution in [0.25, 0.3) is 0 Å². The van der Waals surface area contributed by atoms with Crippen molar-refractivity contribution < 1.29 is 9.90 Å². The van der Waals surface area contributed by atoms with Crippen molar-refractivity contribution in [3.8, 4) is 12.3 Å². The van der Waals surface area contributed by atoms with E-state index in [0.717, 1.165) is 0 Å². The number of amides is 1. The van der Waals surface area contributed by atoms with Gasteiger partial charge in [-0.05, 0) is 0 Å². The molecule has 1 aliphatic heterocycles. The number of rotatable bonds is 0. The predicted octanol–water partition coefficient (Wildman–Crippen LogP) is -0.787. The maximum absolute atomic E-state index is 11.0. The van der Waals surface area contributed by atoms with Gasteiger partial charge in [-0.25, -0.2) is 0 Å². The molecule has 0 aliphatic carbocycles. The third-order valence-electron chi connectivity index (χ3n) is 1.75. The summed E-state index contributed by atoms with van der Waals surface area (Å²) < 4.78 is 0. The molecule has 54 valence electrons. The number of likely N-dealkylation sites (tertiary alicyclic amines) is 1. The van der Waals surface area contributed by atoms with Gasteiger partial charge in [0.1, 0.15) is 0 Å². The zero-order valence-electron chi connectivity index (χ0n) is 5.79. The van der Waals surface area contributed by atoms with Crippen LogP contribution in [0.3, 0.4) is 0 Å². The van der Waals surface area contributed by atoms with E-state index in [-0.39, 0.29) is 5.91 Å². The second kappa shape index (κ2) is 1.99. The van der Waals surface area contributed by atoms with E-state index in [1.807, 2.05) is 0 Å². The first-order chi connectivity index (χ1) is 4.60. The van der Waals surface area contributed by atoms with E-state index < -0.39 is 5.60 Å². The Morgan fingerprint density at radius 3 is 2.70 bits per heavy atom. The van der Waals surface area contributed by atoms with Crippen LogP contribution >= 0.6 is 0 Å². The van der Waals surface area contributed by atoms with Crippen molar-refractivity contribution in [1.82, 2.24) is 4.90 Å². The van der Waals surface area contributed by atoms with Gasteiger partial charge in [-0.3, -0.25) is 4.79 Å². The maximum Gasteiger partial charge on any atom is 0.267 e. The van der Waals surface area contributed by atoms with E-state index in [4.69, 9.17) is 6.42 Å². The molecular formula is C7H9NO2. The van der Waals surface area contributed by atoms with Crippen LogP contribution in [0.1, 0.15) is 6.42 Å². The van der Waals surface area contributed by atoms with Gasteiger partial charge in [-0.15, -0.1) is 6.42 Å². The lowest BCUT2D eigenvalue weighted by atomic mass is 10.1. The van der Waals surface area contributed by atoms with E-state index in [0.29, 0.717) is 13.0 Å². The molecule has 3 nitrogen and oxygen atoms in total. The summed E-state index contributed by atoms with van der Waals surface area (Å²) in [5.74, 6) is 1.72. The molecule has 1 saturated heterocycles. The summed E-state index contributed by atoms with van der Waals surface area (Å²) in [6.07, 6.45) is 5.32. The molecule has 0 radical (unpaired) electrons. The number of terminal acetylenes is 1. The van der Waals surface area contributed by atoms with Crippen molar-refractivity contribution in [3.63, 3.8) is 0 Å². The van der Waals surface area contributed by atoms with Crippen LogP contribution in [0.15, 0.2) is 0 Å². The molecule has 0 aromatic carbocycles. The highest BCUT2D eigenvalue weighted by molar-refractivity contribution is 5.90. The summed E-state index contributed by atoms with van der Waals surface area (Å²) in [6, 6.07) is 0. The van der Waals surface area contributed by atoms with E-state index in [1.165, 1.54) is 4.90 Å². The second-order valence-electron chi connectivity index (χ2n) is 2.48. The Hall–Kier alpha value is -1.01. The van der Waals surface area contributed by atoms with Crippen molar-refractivity contribution in [2.45, 2.75) is 12.0 Å². The molecular weight excluding hydrogens is 130 g/mol. The lowest BCUT2D eigenvalue weighted by molar-refractivity contribution is -0.137. The van der Waals surface area contributed by atoms with Crippen LogP contribution in [0, 0.1) is 12.3 Å². The van der Waals surface area contributed by atoms with Crippen LogP contribution in [-0.4, -0.2) is 35.1 Å². The molecule has 0 aromatic rings. The zero-order chi connectivity index (χ0) is 7.78. The van der Waals surface area contributed by atoms with Gasteiger partial charge in [0.05, 0.1) is 0 Å². The molecule has 1 atom stereocenters. The predicted molar refractivity (Wildman–Crippen MR) is 36.0 cm³/mol. The number of hydrogen-bond acceptors (Lipinski definition) is 2. The molecule has 1 amide bonds. The van der Waals surface area contributed by atoms with Crippen molar-refractivity contribution in [2.24, 2.45) is 0 Å². The summed E-state index contributed by atoms with van der Waals surface area (Å²) in [7, 11) is 1.62. The second-order valence-corrected chi connectivity index (χ2v) is 2.48. The first-order valence-electron chi connectivity index (χ1n) is 3.06. The number of aliphatic hydroxyl groups is 1. The minimum atomic E-state index is -1.52. The minimum Gasteiger partial charge on any atom is -0.369 e. The Balaban J connectivity index is 2.86. The third-order valence-corrected chi connectivity index (χ3v) is 1.75. The maximum atomic E-state index is 11.0. The molecule has 0 saturated carbocycles. The van der Waals surface area contributed by atoms with Gasteiger partial charge in [0.2, 0.25) is 5.60 Å². The molecule has 3 heteroatoms. The fourth-order valence-electron chi connectivity index (χ4n) is 0.988. The van der Waals surface area contributed by atoms with Gasteiger partial charge >= 0.3 is 0 Å². The van der Waals surface area contributed by atoms with Gasteiger partial charge in [0.25, 0.3) is 5.91 Å². The monoisotopic (exact) mass is 139 g/mol. The molecule has 1 aliphatic rings. The van der Waals surface area contributed by atoms with Crippen LogP contribution in [-0.2, 0) is 4.79 Å². The molecule has 0 aromatic heterocycles. The Morgan fingerprint density at radius 2 is 2.50 bits per heavy atom. The molecule has 10 heavy (non-hydrogen) atoms. The SMILES string of the molecule is C#C[C@@]1(O)CCN(C)C1=O. The first-order valence-corrected chi connectivity index (χ1v) is 3.06. The summed E-state index contributed by atoms with van der Waals surface area (Å²) in [5, 5.41) is 9.31.